The van der Waals surface area contributed by atoms with Crippen LogP contribution in [0.1, 0.15) is 28.7 Å². The molecule has 0 radical (unpaired) electrons. The van der Waals surface area contributed by atoms with Gasteiger partial charge in [0.1, 0.15) is 18.1 Å². The summed E-state index contributed by atoms with van der Waals surface area (Å²) in [5.74, 6) is 0.373. The van der Waals surface area contributed by atoms with Crippen molar-refractivity contribution in [2.75, 3.05) is 13.8 Å². The van der Waals surface area contributed by atoms with Crippen molar-refractivity contribution >= 4 is 40.1 Å². The van der Waals surface area contributed by atoms with Gasteiger partial charge in [-0.3, -0.25) is 9.69 Å². The molecule has 0 unspecified atom stereocenters. The number of esters is 1. The molecule has 6 nitrogen and oxygen atoms in total. The van der Waals surface area contributed by atoms with Crippen LogP contribution in [0.2, 0.25) is 10.0 Å². The van der Waals surface area contributed by atoms with Gasteiger partial charge in [-0.05, 0) is 48.2 Å². The van der Waals surface area contributed by atoms with Gasteiger partial charge in [0, 0.05) is 31.0 Å². The molecule has 2 heterocycles. The Balaban J connectivity index is 1.72. The summed E-state index contributed by atoms with van der Waals surface area (Å²) in [6, 6.07) is 8.91. The molecule has 0 fully saturated rings. The molecular formula is C23H21Cl2NO5. The highest BCUT2D eigenvalue weighted by atomic mass is 35.5. The third-order valence-corrected chi connectivity index (χ3v) is 6.09. The predicted octanol–water partition coefficient (Wildman–Crippen LogP) is 4.87. The van der Waals surface area contributed by atoms with Crippen LogP contribution in [0.5, 0.6) is 5.75 Å². The van der Waals surface area contributed by atoms with Crippen molar-refractivity contribution in [3.8, 4) is 5.75 Å². The Kier molecular flexibility index (Phi) is 6.23. The van der Waals surface area contributed by atoms with Crippen molar-refractivity contribution in [1.29, 1.82) is 0 Å². The molecule has 162 valence electrons. The molecule has 2 aromatic carbocycles. The van der Waals surface area contributed by atoms with E-state index >= 15 is 0 Å². The van der Waals surface area contributed by atoms with E-state index in [2.05, 4.69) is 4.90 Å². The minimum absolute atomic E-state index is 0.237. The Bertz CT molecular complexity index is 1220. The SMILES string of the molecule is COC(=O)CCc1cc2c(C)cc(=O)oc2c2c1OCN(Cc1ccc(Cl)c(Cl)c1)C2. The van der Waals surface area contributed by atoms with E-state index in [0.29, 0.717) is 47.6 Å². The molecule has 1 aromatic heterocycles. The summed E-state index contributed by atoms with van der Waals surface area (Å²) < 4.78 is 16.5. The molecule has 0 saturated heterocycles. The Morgan fingerprint density at radius 2 is 2.00 bits per heavy atom. The van der Waals surface area contributed by atoms with Gasteiger partial charge in [0.25, 0.3) is 0 Å². The van der Waals surface area contributed by atoms with Crippen LogP contribution in [0.4, 0.5) is 0 Å². The van der Waals surface area contributed by atoms with Crippen LogP contribution in [0.3, 0.4) is 0 Å². The average molecular weight is 462 g/mol. The molecule has 0 spiro atoms. The number of benzene rings is 2. The van der Waals surface area contributed by atoms with Gasteiger partial charge in [0.15, 0.2) is 0 Å². The zero-order chi connectivity index (χ0) is 22.1. The highest BCUT2D eigenvalue weighted by molar-refractivity contribution is 6.42. The molecule has 0 N–H and O–H groups in total. The second-order valence-corrected chi connectivity index (χ2v) is 8.37. The van der Waals surface area contributed by atoms with Crippen LogP contribution in [0.15, 0.2) is 39.5 Å². The highest BCUT2D eigenvalue weighted by Crippen LogP contribution is 2.37. The van der Waals surface area contributed by atoms with Gasteiger partial charge >= 0.3 is 11.6 Å². The number of fused-ring (bicyclic) bond motifs is 3. The fraction of sp³-hybridized carbons (Fsp3) is 0.304. The molecule has 0 bridgehead atoms. The van der Waals surface area contributed by atoms with Crippen LogP contribution >= 0.6 is 23.2 Å². The van der Waals surface area contributed by atoms with Crippen molar-refractivity contribution in [3.63, 3.8) is 0 Å². The van der Waals surface area contributed by atoms with Crippen molar-refractivity contribution in [2.45, 2.75) is 32.9 Å². The van der Waals surface area contributed by atoms with Crippen molar-refractivity contribution < 1.29 is 18.7 Å². The first-order valence-corrected chi connectivity index (χ1v) is 10.6. The van der Waals surface area contributed by atoms with Crippen LogP contribution in [-0.4, -0.2) is 24.7 Å². The fourth-order valence-electron chi connectivity index (χ4n) is 3.83. The zero-order valence-electron chi connectivity index (χ0n) is 17.2. The quantitative estimate of drug-likeness (QED) is 0.398. The highest BCUT2D eigenvalue weighted by Gasteiger charge is 2.26. The molecule has 0 amide bonds. The summed E-state index contributed by atoms with van der Waals surface area (Å²) in [5, 5.41) is 1.83. The maximum absolute atomic E-state index is 12.1. The third kappa shape index (κ3) is 4.56. The number of carbonyl (C=O) groups is 1. The molecular weight excluding hydrogens is 441 g/mol. The molecule has 0 saturated carbocycles. The lowest BCUT2D eigenvalue weighted by atomic mass is 9.97. The summed E-state index contributed by atoms with van der Waals surface area (Å²) in [7, 11) is 1.37. The number of methoxy groups -OCH3 is 1. The first-order chi connectivity index (χ1) is 14.9. The van der Waals surface area contributed by atoms with Crippen LogP contribution in [-0.2, 0) is 29.0 Å². The first kappa shape index (κ1) is 21.7. The average Bonchev–Trinajstić information content (AvgIpc) is 2.74. The molecule has 31 heavy (non-hydrogen) atoms. The number of nitrogens with zero attached hydrogens (tertiary/aromatic N) is 1. The third-order valence-electron chi connectivity index (χ3n) is 5.35. The van der Waals surface area contributed by atoms with Crippen LogP contribution in [0, 0.1) is 6.92 Å². The van der Waals surface area contributed by atoms with Gasteiger partial charge in [-0.2, -0.15) is 0 Å². The maximum Gasteiger partial charge on any atom is 0.336 e. The number of halogens is 2. The number of rotatable bonds is 5. The molecule has 0 atom stereocenters. The summed E-state index contributed by atoms with van der Waals surface area (Å²) in [4.78, 5) is 25.8. The minimum atomic E-state index is -0.406. The Morgan fingerprint density at radius 1 is 1.19 bits per heavy atom. The first-order valence-electron chi connectivity index (χ1n) is 9.81. The molecule has 3 aromatic rings. The van der Waals surface area contributed by atoms with E-state index in [1.165, 1.54) is 13.2 Å². The van der Waals surface area contributed by atoms with E-state index in [9.17, 15) is 9.59 Å². The summed E-state index contributed by atoms with van der Waals surface area (Å²) in [5.41, 5.74) is 3.60. The van der Waals surface area contributed by atoms with Gasteiger partial charge in [-0.1, -0.05) is 29.3 Å². The summed E-state index contributed by atoms with van der Waals surface area (Å²) in [6.07, 6.45) is 0.705. The topological polar surface area (TPSA) is 69.0 Å². The van der Waals surface area contributed by atoms with E-state index < -0.39 is 5.63 Å². The van der Waals surface area contributed by atoms with E-state index in [0.717, 1.165) is 27.6 Å². The lowest BCUT2D eigenvalue weighted by Crippen LogP contribution is -2.32. The van der Waals surface area contributed by atoms with Crippen LogP contribution in [0.25, 0.3) is 11.0 Å². The molecule has 8 heteroatoms. The number of carbonyl (C=O) groups excluding carboxylic acids is 1. The lowest BCUT2D eigenvalue weighted by Gasteiger charge is -2.31. The van der Waals surface area contributed by atoms with Crippen molar-refractivity contribution in [1.82, 2.24) is 4.90 Å². The second-order valence-electron chi connectivity index (χ2n) is 7.55. The predicted molar refractivity (Wildman–Crippen MR) is 119 cm³/mol. The van der Waals surface area contributed by atoms with Crippen molar-refractivity contribution in [3.05, 3.63) is 73.1 Å². The van der Waals surface area contributed by atoms with E-state index in [1.807, 2.05) is 25.1 Å². The van der Waals surface area contributed by atoms with E-state index in [1.54, 1.807) is 6.07 Å². The lowest BCUT2D eigenvalue weighted by molar-refractivity contribution is -0.140. The number of hydrogen-bond donors (Lipinski definition) is 0. The number of aryl methyl sites for hydroxylation is 2. The maximum atomic E-state index is 12.1. The monoisotopic (exact) mass is 461 g/mol. The molecule has 1 aliphatic rings. The number of hydrogen-bond acceptors (Lipinski definition) is 6. The van der Waals surface area contributed by atoms with Crippen LogP contribution < -0.4 is 10.4 Å². The Morgan fingerprint density at radius 3 is 2.74 bits per heavy atom. The normalized spacial score (nSPS) is 13.7. The van der Waals surface area contributed by atoms with Gasteiger partial charge in [-0.25, -0.2) is 4.79 Å². The second kappa shape index (κ2) is 8.91. The zero-order valence-corrected chi connectivity index (χ0v) is 18.7. The van der Waals surface area contributed by atoms with Gasteiger partial charge in [0.05, 0.1) is 22.7 Å². The Labute approximate surface area is 189 Å². The Hall–Kier alpha value is -2.54. The molecule has 4 rings (SSSR count). The fourth-order valence-corrected chi connectivity index (χ4v) is 4.15. The summed E-state index contributed by atoms with van der Waals surface area (Å²) in [6.45, 7) is 3.32. The van der Waals surface area contributed by atoms with Crippen molar-refractivity contribution in [2.24, 2.45) is 0 Å². The smallest absolute Gasteiger partial charge is 0.336 e. The van der Waals surface area contributed by atoms with Gasteiger partial charge < -0.3 is 13.9 Å². The van der Waals surface area contributed by atoms with E-state index in [-0.39, 0.29) is 12.4 Å². The standard InChI is InChI=1S/C23H21Cl2NO5/c1-13-7-21(28)31-23-16(13)9-15(4-6-20(27)29-2)22-17(23)11-26(12-30-22)10-14-3-5-18(24)19(25)8-14/h3,5,7-9H,4,6,10-12H2,1-2H3. The van der Waals surface area contributed by atoms with Gasteiger partial charge in [-0.15, -0.1) is 0 Å². The molecule has 0 aliphatic carbocycles. The minimum Gasteiger partial charge on any atom is -0.477 e. The van der Waals surface area contributed by atoms with Gasteiger partial charge in [0.2, 0.25) is 0 Å². The summed E-state index contributed by atoms with van der Waals surface area (Å²) >= 11 is 12.2. The number of ether oxygens (including phenoxy) is 2. The van der Waals surface area contributed by atoms with E-state index in [4.69, 9.17) is 37.1 Å². The molecule has 1 aliphatic heterocycles. The largest absolute Gasteiger partial charge is 0.477 e.